The zero-order valence-electron chi connectivity index (χ0n) is 19.1. The highest BCUT2D eigenvalue weighted by Gasteiger charge is 2.33. The van der Waals surface area contributed by atoms with Crippen LogP contribution in [-0.4, -0.2) is 50.0 Å². The summed E-state index contributed by atoms with van der Waals surface area (Å²) in [4.78, 5) is 5.52. The Morgan fingerprint density at radius 1 is 0.821 bits per heavy atom. The van der Waals surface area contributed by atoms with E-state index in [1.54, 1.807) is 6.21 Å². The summed E-state index contributed by atoms with van der Waals surface area (Å²) in [6.45, 7) is 20.6. The molecule has 0 bridgehead atoms. The molecule has 0 aliphatic rings. The van der Waals surface area contributed by atoms with Crippen molar-refractivity contribution in [3.63, 3.8) is 0 Å². The first-order valence-electron chi connectivity index (χ1n) is 9.94. The van der Waals surface area contributed by atoms with Crippen LogP contribution in [0, 0.1) is 0 Å². The van der Waals surface area contributed by atoms with E-state index in [-0.39, 0.29) is 12.2 Å². The smallest absolute Gasteiger partial charge is 0.184 e. The quantitative estimate of drug-likeness (QED) is 0.245. The maximum atomic E-state index is 6.44. The Balaban J connectivity index is 2.89. The Morgan fingerprint density at radius 2 is 1.39 bits per heavy atom. The molecule has 1 rings (SSSR count). The molecule has 8 heteroatoms. The predicted octanol–water partition coefficient (Wildman–Crippen LogP) is 5.48. The molecule has 0 fully saturated rings. The molecule has 1 aromatic rings. The van der Waals surface area contributed by atoms with Crippen molar-refractivity contribution in [1.29, 1.82) is 0 Å². The monoisotopic (exact) mass is 441 g/mol. The molecule has 28 heavy (non-hydrogen) atoms. The van der Waals surface area contributed by atoms with Gasteiger partial charge in [-0.3, -0.25) is 0 Å². The maximum Gasteiger partial charge on any atom is 0.184 e. The molecule has 0 aromatic heterocycles. The Kier molecular flexibility index (Phi) is 9.78. The molecular weight excluding hydrogens is 402 g/mol. The van der Waals surface area contributed by atoms with E-state index in [1.165, 1.54) is 0 Å². The van der Waals surface area contributed by atoms with Gasteiger partial charge in [0, 0.05) is 0 Å². The van der Waals surface area contributed by atoms with Crippen molar-refractivity contribution in [2.75, 3.05) is 6.61 Å². The molecule has 1 aromatic carbocycles. The summed E-state index contributed by atoms with van der Waals surface area (Å²) in [6.07, 6.45) is 1.28. The van der Waals surface area contributed by atoms with E-state index in [2.05, 4.69) is 64.1 Å². The molecule has 5 nitrogen and oxygen atoms in total. The van der Waals surface area contributed by atoms with Crippen LogP contribution in [0.5, 0.6) is 0 Å². The first-order valence-corrected chi connectivity index (χ1v) is 20.2. The molecule has 0 spiro atoms. The molecular formula is C20H39NO4Si3. The molecule has 0 radical (unpaired) electrons. The highest BCUT2D eigenvalue weighted by atomic mass is 28.4. The van der Waals surface area contributed by atoms with Crippen LogP contribution < -0.4 is 0 Å². The summed E-state index contributed by atoms with van der Waals surface area (Å²) >= 11 is 0. The van der Waals surface area contributed by atoms with Crippen molar-refractivity contribution in [2.24, 2.45) is 5.16 Å². The van der Waals surface area contributed by atoms with Crippen LogP contribution in [0.2, 0.25) is 58.9 Å². The number of hydrogen-bond donors (Lipinski definition) is 0. The third-order valence-electron chi connectivity index (χ3n) is 3.40. The van der Waals surface area contributed by atoms with Gasteiger partial charge in [-0.25, -0.2) is 0 Å². The van der Waals surface area contributed by atoms with Crippen molar-refractivity contribution in [1.82, 2.24) is 0 Å². The second kappa shape index (κ2) is 10.8. The molecule has 0 heterocycles. The van der Waals surface area contributed by atoms with Gasteiger partial charge in [-0.05, 0) is 64.5 Å². The van der Waals surface area contributed by atoms with Gasteiger partial charge >= 0.3 is 0 Å². The van der Waals surface area contributed by atoms with Gasteiger partial charge in [0.15, 0.2) is 25.0 Å². The molecule has 0 amide bonds. The molecule has 0 N–H and O–H groups in total. The van der Waals surface area contributed by atoms with E-state index >= 15 is 0 Å². The Morgan fingerprint density at radius 3 is 1.89 bits per heavy atom. The Bertz CT molecular complexity index is 592. The topological polar surface area (TPSA) is 49.3 Å². The lowest BCUT2D eigenvalue weighted by Crippen LogP contribution is -2.48. The predicted molar refractivity (Wildman–Crippen MR) is 125 cm³/mol. The summed E-state index contributed by atoms with van der Waals surface area (Å²) in [6, 6.07) is 10.0. The number of oxime groups is 1. The van der Waals surface area contributed by atoms with Crippen LogP contribution in [0.15, 0.2) is 35.5 Å². The van der Waals surface area contributed by atoms with Crippen molar-refractivity contribution in [3.05, 3.63) is 35.9 Å². The second-order valence-electron chi connectivity index (χ2n) is 9.90. The van der Waals surface area contributed by atoms with Crippen molar-refractivity contribution in [2.45, 2.75) is 77.7 Å². The average Bonchev–Trinajstić information content (AvgIpc) is 2.52. The van der Waals surface area contributed by atoms with Crippen LogP contribution in [0.3, 0.4) is 0 Å². The summed E-state index contributed by atoms with van der Waals surface area (Å²) in [5.74, 6) is 0. The summed E-state index contributed by atoms with van der Waals surface area (Å²) in [7, 11) is -5.27. The largest absolute Gasteiger partial charge is 0.415 e. The molecule has 0 aliphatic heterocycles. The normalized spacial score (nSPS) is 15.6. The molecule has 0 saturated heterocycles. The van der Waals surface area contributed by atoms with Crippen LogP contribution in [0.4, 0.5) is 0 Å². The Labute approximate surface area is 174 Å². The zero-order chi connectivity index (χ0) is 21.4. The second-order valence-corrected chi connectivity index (χ2v) is 23.3. The van der Waals surface area contributed by atoms with Crippen molar-refractivity contribution >= 4 is 31.2 Å². The molecule has 0 saturated carbocycles. The lowest BCUT2D eigenvalue weighted by molar-refractivity contribution is 0.0430. The van der Waals surface area contributed by atoms with Crippen molar-refractivity contribution < 1.29 is 18.1 Å². The number of nitrogens with zero attached hydrogens (tertiary/aromatic N) is 1. The van der Waals surface area contributed by atoms with E-state index < -0.39 is 25.0 Å². The minimum atomic E-state index is -1.81. The summed E-state index contributed by atoms with van der Waals surface area (Å²) in [5, 5.41) is 4.21. The van der Waals surface area contributed by atoms with Crippen LogP contribution in [0.25, 0.3) is 0 Å². The third kappa shape index (κ3) is 12.6. The number of hydrogen-bond acceptors (Lipinski definition) is 5. The van der Waals surface area contributed by atoms with E-state index in [0.29, 0.717) is 13.2 Å². The molecule has 2 unspecified atom stereocenters. The van der Waals surface area contributed by atoms with Crippen molar-refractivity contribution in [3.8, 4) is 0 Å². The maximum absolute atomic E-state index is 6.44. The lowest BCUT2D eigenvalue weighted by atomic mass is 10.2. The molecule has 160 valence electrons. The van der Waals surface area contributed by atoms with Gasteiger partial charge < -0.3 is 18.1 Å². The Hall–Kier alpha value is -0.779. The third-order valence-corrected chi connectivity index (χ3v) is 6.42. The first-order chi connectivity index (χ1) is 12.8. The zero-order valence-corrected chi connectivity index (χ0v) is 22.1. The number of rotatable bonds is 12. The van der Waals surface area contributed by atoms with Crippen LogP contribution in [0.1, 0.15) is 5.56 Å². The van der Waals surface area contributed by atoms with Gasteiger partial charge in [0.1, 0.15) is 12.7 Å². The van der Waals surface area contributed by atoms with Gasteiger partial charge in [-0.15, -0.1) is 0 Å². The van der Waals surface area contributed by atoms with Gasteiger partial charge in [0.2, 0.25) is 0 Å². The van der Waals surface area contributed by atoms with E-state index in [4.69, 9.17) is 18.1 Å². The highest BCUT2D eigenvalue weighted by Crippen LogP contribution is 2.18. The fourth-order valence-electron chi connectivity index (χ4n) is 2.38. The summed E-state index contributed by atoms with van der Waals surface area (Å²) in [5.41, 5.74) is 1.08. The number of benzene rings is 1. The fourth-order valence-corrected chi connectivity index (χ4v) is 5.19. The lowest BCUT2D eigenvalue weighted by Gasteiger charge is -2.35. The van der Waals surface area contributed by atoms with Gasteiger partial charge in [-0.2, -0.15) is 0 Å². The van der Waals surface area contributed by atoms with Gasteiger partial charge in [0.25, 0.3) is 0 Å². The summed E-state index contributed by atoms with van der Waals surface area (Å²) < 4.78 is 19.0. The molecule has 2 atom stereocenters. The fraction of sp³-hybridized carbons (Fsp3) is 0.650. The molecule has 0 aliphatic carbocycles. The van der Waals surface area contributed by atoms with E-state index in [9.17, 15) is 0 Å². The minimum Gasteiger partial charge on any atom is -0.415 e. The van der Waals surface area contributed by atoms with Gasteiger partial charge in [-0.1, -0.05) is 35.5 Å². The van der Waals surface area contributed by atoms with Gasteiger partial charge in [0.05, 0.1) is 18.9 Å². The SMILES string of the molecule is C[Si](C)(C)OCC(O[Si](C)(C)C)C(/C=N/OCc1ccccc1)O[Si](C)(C)C. The standard InChI is InChI=1S/C20H39NO4Si3/c1-26(2,3)23-17-20(25-28(7,8)9)19(24-27(4,5)6)15-21-22-16-18-13-11-10-12-14-18/h10-15,19-20H,16-17H2,1-9H3/b21-15+. The van der Waals surface area contributed by atoms with Crippen LogP contribution in [-0.2, 0) is 24.7 Å². The van der Waals surface area contributed by atoms with Crippen LogP contribution >= 0.6 is 0 Å². The highest BCUT2D eigenvalue weighted by molar-refractivity contribution is 6.70. The van der Waals surface area contributed by atoms with E-state index in [0.717, 1.165) is 5.56 Å². The first kappa shape index (κ1) is 25.3. The average molecular weight is 442 g/mol. The minimum absolute atomic E-state index is 0.186. The van der Waals surface area contributed by atoms with E-state index in [1.807, 2.05) is 30.3 Å².